The summed E-state index contributed by atoms with van der Waals surface area (Å²) in [6, 6.07) is 6.66. The van der Waals surface area contributed by atoms with Crippen LogP contribution in [0.2, 0.25) is 0 Å². The summed E-state index contributed by atoms with van der Waals surface area (Å²) in [6.07, 6.45) is 1.83. The van der Waals surface area contributed by atoms with E-state index in [-0.39, 0.29) is 5.75 Å². The Labute approximate surface area is 125 Å². The van der Waals surface area contributed by atoms with Crippen molar-refractivity contribution in [2.75, 3.05) is 0 Å². The number of nitrogens with zero attached hydrogens (tertiary/aromatic N) is 4. The minimum atomic E-state index is 0.176. The third kappa shape index (κ3) is 3.38. The molecule has 7 heteroatoms. The van der Waals surface area contributed by atoms with E-state index >= 15 is 0 Å². The molecule has 0 aliphatic rings. The summed E-state index contributed by atoms with van der Waals surface area (Å²) in [6.45, 7) is 2.95. The Kier molecular flexibility index (Phi) is 3.83. The Bertz CT molecular complexity index is 738. The molecule has 0 unspecified atom stereocenters. The summed E-state index contributed by atoms with van der Waals surface area (Å²) in [5.74, 6) is 0.773. The van der Waals surface area contributed by atoms with Gasteiger partial charge in [-0.15, -0.1) is 16.4 Å². The molecule has 0 spiro atoms. The number of aryl methyl sites for hydroxylation is 1. The number of aromatic hydroxyl groups is 1. The normalized spacial score (nSPS) is 10.7. The molecule has 0 amide bonds. The highest BCUT2D eigenvalue weighted by atomic mass is 32.1. The van der Waals surface area contributed by atoms with E-state index in [4.69, 9.17) is 4.74 Å². The van der Waals surface area contributed by atoms with Crippen molar-refractivity contribution in [3.8, 4) is 11.5 Å². The van der Waals surface area contributed by atoms with Crippen LogP contribution in [0.1, 0.15) is 16.3 Å². The molecule has 0 aliphatic heterocycles. The van der Waals surface area contributed by atoms with E-state index in [0.717, 1.165) is 11.4 Å². The predicted octanol–water partition coefficient (Wildman–Crippen LogP) is 2.38. The highest BCUT2D eigenvalue weighted by molar-refractivity contribution is 7.09. The Morgan fingerprint density at radius 3 is 3.05 bits per heavy atom. The fourth-order valence-corrected chi connectivity index (χ4v) is 2.44. The molecule has 3 aromatic rings. The second-order valence-electron chi connectivity index (χ2n) is 4.55. The van der Waals surface area contributed by atoms with Crippen LogP contribution in [0.5, 0.6) is 11.5 Å². The standard InChI is InChI=1S/C14H14N4O2S/c1-10-14(15-9-21-10)7-18-6-11(16-17-18)8-20-13-4-2-3-12(19)5-13/h2-6,9,19H,7-8H2,1H3. The molecule has 2 heterocycles. The zero-order valence-electron chi connectivity index (χ0n) is 11.4. The molecule has 0 bridgehead atoms. The number of ether oxygens (including phenoxy) is 1. The second-order valence-corrected chi connectivity index (χ2v) is 5.61. The molecule has 21 heavy (non-hydrogen) atoms. The number of phenols is 1. The van der Waals surface area contributed by atoms with Crippen LogP contribution in [0.25, 0.3) is 0 Å². The maximum absolute atomic E-state index is 9.37. The molecule has 1 N–H and O–H groups in total. The van der Waals surface area contributed by atoms with Gasteiger partial charge < -0.3 is 9.84 Å². The first-order valence-electron chi connectivity index (χ1n) is 6.40. The van der Waals surface area contributed by atoms with Crippen LogP contribution >= 0.6 is 11.3 Å². The number of rotatable bonds is 5. The molecule has 0 fully saturated rings. The van der Waals surface area contributed by atoms with Crippen LogP contribution in [0.3, 0.4) is 0 Å². The molecular formula is C14H14N4O2S. The minimum Gasteiger partial charge on any atom is -0.508 e. The molecule has 0 aliphatic carbocycles. The van der Waals surface area contributed by atoms with Gasteiger partial charge in [-0.2, -0.15) is 0 Å². The molecule has 1 aromatic carbocycles. The van der Waals surface area contributed by atoms with E-state index in [0.29, 0.717) is 18.9 Å². The Morgan fingerprint density at radius 1 is 1.38 bits per heavy atom. The third-order valence-corrected chi connectivity index (χ3v) is 3.75. The van der Waals surface area contributed by atoms with Crippen molar-refractivity contribution in [1.82, 2.24) is 20.0 Å². The zero-order valence-corrected chi connectivity index (χ0v) is 12.2. The summed E-state index contributed by atoms with van der Waals surface area (Å²) in [5, 5.41) is 17.5. The van der Waals surface area contributed by atoms with Crippen LogP contribution in [0.15, 0.2) is 36.0 Å². The number of thiazole rings is 1. The van der Waals surface area contributed by atoms with E-state index in [9.17, 15) is 5.11 Å². The number of hydrogen-bond acceptors (Lipinski definition) is 6. The number of aromatic nitrogens is 4. The lowest BCUT2D eigenvalue weighted by molar-refractivity contribution is 0.299. The van der Waals surface area contributed by atoms with Crippen molar-refractivity contribution in [1.29, 1.82) is 0 Å². The van der Waals surface area contributed by atoms with Crippen LogP contribution in [-0.4, -0.2) is 25.1 Å². The molecule has 6 nitrogen and oxygen atoms in total. The van der Waals surface area contributed by atoms with Crippen molar-refractivity contribution >= 4 is 11.3 Å². The Morgan fingerprint density at radius 2 is 2.29 bits per heavy atom. The summed E-state index contributed by atoms with van der Waals surface area (Å²) < 4.78 is 7.30. The topological polar surface area (TPSA) is 73.1 Å². The fourth-order valence-electron chi connectivity index (χ4n) is 1.85. The molecule has 0 radical (unpaired) electrons. The van der Waals surface area contributed by atoms with E-state index in [1.54, 1.807) is 40.3 Å². The lowest BCUT2D eigenvalue weighted by Gasteiger charge is -2.03. The van der Waals surface area contributed by atoms with Crippen LogP contribution in [-0.2, 0) is 13.2 Å². The van der Waals surface area contributed by atoms with E-state index in [1.807, 2.05) is 18.6 Å². The average molecular weight is 302 g/mol. The molecular weight excluding hydrogens is 288 g/mol. The summed E-state index contributed by atoms with van der Waals surface area (Å²) in [7, 11) is 0. The highest BCUT2D eigenvalue weighted by Gasteiger charge is 2.06. The first-order chi connectivity index (χ1) is 10.2. The van der Waals surface area contributed by atoms with Crippen molar-refractivity contribution in [3.63, 3.8) is 0 Å². The largest absolute Gasteiger partial charge is 0.508 e. The Hall–Kier alpha value is -2.41. The smallest absolute Gasteiger partial charge is 0.134 e. The molecule has 0 saturated carbocycles. The van der Waals surface area contributed by atoms with Gasteiger partial charge in [0.2, 0.25) is 0 Å². The van der Waals surface area contributed by atoms with Crippen molar-refractivity contribution in [3.05, 3.63) is 52.2 Å². The lowest BCUT2D eigenvalue weighted by atomic mass is 10.3. The van der Waals surface area contributed by atoms with Gasteiger partial charge in [-0.3, -0.25) is 0 Å². The highest BCUT2D eigenvalue weighted by Crippen LogP contribution is 2.18. The van der Waals surface area contributed by atoms with Gasteiger partial charge in [-0.05, 0) is 19.1 Å². The van der Waals surface area contributed by atoms with Gasteiger partial charge in [0.05, 0.1) is 23.9 Å². The molecule has 2 aromatic heterocycles. The summed E-state index contributed by atoms with van der Waals surface area (Å²) >= 11 is 1.62. The van der Waals surface area contributed by atoms with Crippen LogP contribution in [0, 0.1) is 6.92 Å². The fraction of sp³-hybridized carbons (Fsp3) is 0.214. The lowest BCUT2D eigenvalue weighted by Crippen LogP contribution is -2.01. The zero-order chi connectivity index (χ0) is 14.7. The maximum atomic E-state index is 9.37. The van der Waals surface area contributed by atoms with Crippen molar-refractivity contribution in [2.24, 2.45) is 0 Å². The first kappa shape index (κ1) is 13.6. The van der Waals surface area contributed by atoms with E-state index in [1.165, 1.54) is 4.88 Å². The first-order valence-corrected chi connectivity index (χ1v) is 7.28. The summed E-state index contributed by atoms with van der Waals surface area (Å²) in [5.41, 5.74) is 3.56. The Balaban J connectivity index is 1.61. The van der Waals surface area contributed by atoms with Gasteiger partial charge in [0, 0.05) is 10.9 Å². The monoisotopic (exact) mass is 302 g/mol. The number of hydrogen-bond donors (Lipinski definition) is 1. The van der Waals surface area contributed by atoms with E-state index < -0.39 is 0 Å². The van der Waals surface area contributed by atoms with Gasteiger partial charge in [-0.1, -0.05) is 11.3 Å². The number of phenolic OH excluding ortho intramolecular Hbond substituents is 1. The van der Waals surface area contributed by atoms with Gasteiger partial charge in [0.25, 0.3) is 0 Å². The van der Waals surface area contributed by atoms with Gasteiger partial charge >= 0.3 is 0 Å². The quantitative estimate of drug-likeness (QED) is 0.783. The molecule has 0 saturated heterocycles. The van der Waals surface area contributed by atoms with Crippen LogP contribution in [0.4, 0.5) is 0 Å². The average Bonchev–Trinajstić information content (AvgIpc) is 3.07. The third-order valence-electron chi connectivity index (χ3n) is 2.95. The molecule has 0 atom stereocenters. The maximum Gasteiger partial charge on any atom is 0.134 e. The van der Waals surface area contributed by atoms with E-state index in [2.05, 4.69) is 15.3 Å². The van der Waals surface area contributed by atoms with Gasteiger partial charge in [0.1, 0.15) is 23.8 Å². The van der Waals surface area contributed by atoms with Crippen molar-refractivity contribution in [2.45, 2.75) is 20.1 Å². The number of benzene rings is 1. The molecule has 108 valence electrons. The molecule has 3 rings (SSSR count). The minimum absolute atomic E-state index is 0.176. The van der Waals surface area contributed by atoms with Gasteiger partial charge in [-0.25, -0.2) is 9.67 Å². The van der Waals surface area contributed by atoms with Crippen molar-refractivity contribution < 1.29 is 9.84 Å². The summed E-state index contributed by atoms with van der Waals surface area (Å²) in [4.78, 5) is 5.48. The SMILES string of the molecule is Cc1scnc1Cn1cc(COc2cccc(O)c2)nn1. The van der Waals surface area contributed by atoms with Crippen LogP contribution < -0.4 is 4.74 Å². The predicted molar refractivity (Wildman–Crippen MR) is 78.4 cm³/mol. The second kappa shape index (κ2) is 5.92. The van der Waals surface area contributed by atoms with Gasteiger partial charge in [0.15, 0.2) is 0 Å².